The predicted molar refractivity (Wildman–Crippen MR) is 96.2 cm³/mol. The molecule has 0 fully saturated rings. The zero-order chi connectivity index (χ0) is 18.6. The summed E-state index contributed by atoms with van der Waals surface area (Å²) in [5.41, 5.74) is 1.25. The quantitative estimate of drug-likeness (QED) is 0.856. The molecule has 1 atom stereocenters. The van der Waals surface area contributed by atoms with Gasteiger partial charge in [0.05, 0.1) is 18.0 Å². The fraction of sp³-hybridized carbons (Fsp3) is 0.278. The molecule has 0 heterocycles. The van der Waals surface area contributed by atoms with Crippen LogP contribution in [0.5, 0.6) is 5.75 Å². The number of benzene rings is 2. The van der Waals surface area contributed by atoms with Gasteiger partial charge < -0.3 is 10.1 Å². The highest BCUT2D eigenvalue weighted by Gasteiger charge is 2.19. The molecule has 1 amide bonds. The maximum Gasteiger partial charge on any atom is 0.251 e. The van der Waals surface area contributed by atoms with Crippen LogP contribution in [-0.2, 0) is 10.0 Å². The largest absolute Gasteiger partial charge is 0.496 e. The van der Waals surface area contributed by atoms with E-state index >= 15 is 0 Å². The zero-order valence-electron chi connectivity index (χ0n) is 14.7. The first-order valence-corrected chi connectivity index (χ1v) is 9.17. The highest BCUT2D eigenvalue weighted by Crippen LogP contribution is 2.24. The number of ether oxygens (including phenoxy) is 1. The van der Waals surface area contributed by atoms with E-state index in [9.17, 15) is 13.2 Å². The van der Waals surface area contributed by atoms with Crippen LogP contribution >= 0.6 is 0 Å². The number of para-hydroxylation sites is 1. The van der Waals surface area contributed by atoms with Crippen molar-refractivity contribution in [1.82, 2.24) is 9.62 Å². The molecule has 0 aromatic heterocycles. The standard InChI is InChI=1S/C18H22N2O4S/c1-13(16-7-5-6-8-17(16)24-4)19-18(21)14-9-11-15(12-10-14)25(22,23)20(2)3/h5-13H,1-4H3,(H,19,21). The molecule has 0 aliphatic heterocycles. The molecule has 6 nitrogen and oxygen atoms in total. The van der Waals surface area contributed by atoms with E-state index in [2.05, 4.69) is 5.32 Å². The maximum absolute atomic E-state index is 12.4. The number of nitrogens with zero attached hydrogens (tertiary/aromatic N) is 1. The molecule has 25 heavy (non-hydrogen) atoms. The van der Waals surface area contributed by atoms with Crippen molar-refractivity contribution in [3.63, 3.8) is 0 Å². The lowest BCUT2D eigenvalue weighted by molar-refractivity contribution is 0.0939. The van der Waals surface area contributed by atoms with Gasteiger partial charge in [-0.05, 0) is 37.3 Å². The second-order valence-corrected chi connectivity index (χ2v) is 7.90. The average Bonchev–Trinajstić information content (AvgIpc) is 2.61. The van der Waals surface area contributed by atoms with Crippen molar-refractivity contribution in [3.05, 3.63) is 59.7 Å². The van der Waals surface area contributed by atoms with Gasteiger partial charge in [0.2, 0.25) is 10.0 Å². The van der Waals surface area contributed by atoms with Gasteiger partial charge >= 0.3 is 0 Å². The zero-order valence-corrected chi connectivity index (χ0v) is 15.5. The Balaban J connectivity index is 2.16. The number of carbonyl (C=O) groups is 1. The van der Waals surface area contributed by atoms with E-state index in [1.807, 2.05) is 31.2 Å². The van der Waals surface area contributed by atoms with E-state index in [-0.39, 0.29) is 16.8 Å². The maximum atomic E-state index is 12.4. The van der Waals surface area contributed by atoms with Gasteiger partial charge in [0.15, 0.2) is 0 Å². The van der Waals surface area contributed by atoms with E-state index in [1.165, 1.54) is 38.4 Å². The van der Waals surface area contributed by atoms with Crippen LogP contribution in [0, 0.1) is 0 Å². The molecule has 7 heteroatoms. The molecule has 0 saturated heterocycles. The van der Waals surface area contributed by atoms with Crippen molar-refractivity contribution < 1.29 is 17.9 Å². The first kappa shape index (κ1) is 19.0. The third kappa shape index (κ3) is 4.18. The fourth-order valence-electron chi connectivity index (χ4n) is 2.37. The van der Waals surface area contributed by atoms with Crippen molar-refractivity contribution in [1.29, 1.82) is 0 Å². The Morgan fingerprint density at radius 1 is 1.08 bits per heavy atom. The molecule has 0 spiro atoms. The second-order valence-electron chi connectivity index (χ2n) is 5.75. The molecule has 2 rings (SSSR count). The summed E-state index contributed by atoms with van der Waals surface area (Å²) in [4.78, 5) is 12.6. The lowest BCUT2D eigenvalue weighted by Gasteiger charge is -2.17. The third-order valence-corrected chi connectivity index (χ3v) is 5.68. The number of amides is 1. The SMILES string of the molecule is COc1ccccc1C(C)NC(=O)c1ccc(S(=O)(=O)N(C)C)cc1. The minimum absolute atomic E-state index is 0.145. The van der Waals surface area contributed by atoms with E-state index in [1.54, 1.807) is 7.11 Å². The van der Waals surface area contributed by atoms with Crippen molar-refractivity contribution >= 4 is 15.9 Å². The molecule has 2 aromatic carbocycles. The molecule has 2 aromatic rings. The number of carbonyl (C=O) groups excluding carboxylic acids is 1. The first-order chi connectivity index (χ1) is 11.8. The van der Waals surface area contributed by atoms with Crippen LogP contribution in [-0.4, -0.2) is 39.8 Å². The summed E-state index contributed by atoms with van der Waals surface area (Å²) in [5, 5.41) is 2.89. The highest BCUT2D eigenvalue weighted by atomic mass is 32.2. The van der Waals surface area contributed by atoms with Crippen LogP contribution in [0.3, 0.4) is 0 Å². The minimum Gasteiger partial charge on any atom is -0.496 e. The van der Waals surface area contributed by atoms with Crippen molar-refractivity contribution in [2.24, 2.45) is 0 Å². The van der Waals surface area contributed by atoms with Gasteiger partial charge in [-0.3, -0.25) is 4.79 Å². The smallest absolute Gasteiger partial charge is 0.251 e. The Morgan fingerprint density at radius 2 is 1.68 bits per heavy atom. The lowest BCUT2D eigenvalue weighted by atomic mass is 10.1. The van der Waals surface area contributed by atoms with Crippen LogP contribution in [0.2, 0.25) is 0 Å². The summed E-state index contributed by atoms with van der Waals surface area (Å²) in [6, 6.07) is 13.1. The van der Waals surface area contributed by atoms with E-state index < -0.39 is 10.0 Å². The Labute approximate surface area is 148 Å². The average molecular weight is 362 g/mol. The van der Waals surface area contributed by atoms with Crippen molar-refractivity contribution in [3.8, 4) is 5.75 Å². The topological polar surface area (TPSA) is 75.7 Å². The van der Waals surface area contributed by atoms with Crippen LogP contribution < -0.4 is 10.1 Å². The fourth-order valence-corrected chi connectivity index (χ4v) is 3.27. The highest BCUT2D eigenvalue weighted by molar-refractivity contribution is 7.89. The number of nitrogens with one attached hydrogen (secondary N) is 1. The predicted octanol–water partition coefficient (Wildman–Crippen LogP) is 2.44. The monoisotopic (exact) mass is 362 g/mol. The molecule has 0 saturated carbocycles. The Hall–Kier alpha value is -2.38. The lowest BCUT2D eigenvalue weighted by Crippen LogP contribution is -2.27. The minimum atomic E-state index is -3.51. The number of sulfonamides is 1. The van der Waals surface area contributed by atoms with Gasteiger partial charge in [-0.25, -0.2) is 12.7 Å². The normalized spacial score (nSPS) is 12.7. The number of hydrogen-bond donors (Lipinski definition) is 1. The van der Waals surface area contributed by atoms with Crippen molar-refractivity contribution in [2.45, 2.75) is 17.9 Å². The Morgan fingerprint density at radius 3 is 2.24 bits per heavy atom. The number of hydrogen-bond acceptors (Lipinski definition) is 4. The summed E-state index contributed by atoms with van der Waals surface area (Å²) in [6.07, 6.45) is 0. The molecule has 0 aliphatic rings. The van der Waals surface area contributed by atoms with Gasteiger partial charge in [-0.15, -0.1) is 0 Å². The molecule has 0 aliphatic carbocycles. The van der Waals surface area contributed by atoms with Crippen molar-refractivity contribution in [2.75, 3.05) is 21.2 Å². The van der Waals surface area contributed by atoms with Gasteiger partial charge in [-0.1, -0.05) is 18.2 Å². The number of methoxy groups -OCH3 is 1. The second kappa shape index (κ2) is 7.67. The van der Waals surface area contributed by atoms with Gasteiger partial charge in [0.1, 0.15) is 5.75 Å². The van der Waals surface area contributed by atoms with E-state index in [0.717, 1.165) is 9.87 Å². The summed E-state index contributed by atoms with van der Waals surface area (Å²) >= 11 is 0. The van der Waals surface area contributed by atoms with Crippen LogP contribution in [0.15, 0.2) is 53.4 Å². The molecule has 1 unspecified atom stereocenters. The molecule has 1 N–H and O–H groups in total. The van der Waals surface area contributed by atoms with E-state index in [0.29, 0.717) is 11.3 Å². The third-order valence-electron chi connectivity index (χ3n) is 3.85. The summed E-state index contributed by atoms with van der Waals surface area (Å²) in [7, 11) is 0.998. The Bertz CT molecular complexity index is 846. The van der Waals surface area contributed by atoms with Gasteiger partial charge in [0, 0.05) is 25.2 Å². The van der Waals surface area contributed by atoms with Gasteiger partial charge in [0.25, 0.3) is 5.91 Å². The summed E-state index contributed by atoms with van der Waals surface area (Å²) < 4.78 is 30.6. The Kier molecular flexibility index (Phi) is 5.81. The van der Waals surface area contributed by atoms with Gasteiger partial charge in [-0.2, -0.15) is 0 Å². The first-order valence-electron chi connectivity index (χ1n) is 7.73. The van der Waals surface area contributed by atoms with Crippen LogP contribution in [0.1, 0.15) is 28.9 Å². The molecule has 134 valence electrons. The van der Waals surface area contributed by atoms with Crippen LogP contribution in [0.4, 0.5) is 0 Å². The molecular weight excluding hydrogens is 340 g/mol. The summed E-state index contributed by atoms with van der Waals surface area (Å²) in [5.74, 6) is 0.412. The molecule has 0 radical (unpaired) electrons. The summed E-state index contributed by atoms with van der Waals surface area (Å²) in [6.45, 7) is 1.86. The molecule has 0 bridgehead atoms. The van der Waals surface area contributed by atoms with E-state index in [4.69, 9.17) is 4.74 Å². The number of rotatable bonds is 6. The van der Waals surface area contributed by atoms with Crippen LogP contribution in [0.25, 0.3) is 0 Å². The molecular formula is C18H22N2O4S.